The molecule has 0 aliphatic rings. The molecule has 0 aliphatic carbocycles. The Morgan fingerprint density at radius 1 is 1.04 bits per heavy atom. The second-order valence-corrected chi connectivity index (χ2v) is 6.07. The minimum absolute atomic E-state index is 0.320. The standard InChI is InChI=1S/C20H23N3O4/c1-2-3-11-16(19(25)26)22-20(27)23-17(15-12-7-8-13-21-15)18(24)14-9-5-4-6-10-14/h4-10,12-13,16-17H,2-3,11H2,1H3,(H,25,26)(H2,22,23,27). The molecule has 1 heterocycles. The molecule has 2 amide bonds. The first-order valence-electron chi connectivity index (χ1n) is 8.83. The molecule has 27 heavy (non-hydrogen) atoms. The van der Waals surface area contributed by atoms with Crippen molar-refractivity contribution in [1.29, 1.82) is 0 Å². The van der Waals surface area contributed by atoms with Gasteiger partial charge in [-0.1, -0.05) is 56.2 Å². The maximum absolute atomic E-state index is 12.9. The number of Topliss-reactive ketones (excluding diaryl/α,β-unsaturated/α-hetero) is 1. The van der Waals surface area contributed by atoms with Crippen LogP contribution in [0.15, 0.2) is 54.7 Å². The van der Waals surface area contributed by atoms with Gasteiger partial charge in [-0.15, -0.1) is 0 Å². The fourth-order valence-corrected chi connectivity index (χ4v) is 2.59. The Hall–Kier alpha value is -3.22. The first kappa shape index (κ1) is 20.1. The van der Waals surface area contributed by atoms with Gasteiger partial charge in [0.15, 0.2) is 5.78 Å². The van der Waals surface area contributed by atoms with Crippen molar-refractivity contribution in [2.75, 3.05) is 0 Å². The van der Waals surface area contributed by atoms with E-state index < -0.39 is 24.1 Å². The van der Waals surface area contributed by atoms with Crippen molar-refractivity contribution in [2.24, 2.45) is 0 Å². The molecule has 3 N–H and O–H groups in total. The summed E-state index contributed by atoms with van der Waals surface area (Å²) < 4.78 is 0. The van der Waals surface area contributed by atoms with Crippen LogP contribution in [-0.4, -0.2) is 33.9 Å². The summed E-state index contributed by atoms with van der Waals surface area (Å²) in [5.41, 5.74) is 0.802. The number of aromatic nitrogens is 1. The predicted molar refractivity (Wildman–Crippen MR) is 100 cm³/mol. The zero-order valence-electron chi connectivity index (χ0n) is 15.1. The van der Waals surface area contributed by atoms with Gasteiger partial charge < -0.3 is 15.7 Å². The van der Waals surface area contributed by atoms with Gasteiger partial charge in [0.1, 0.15) is 12.1 Å². The van der Waals surface area contributed by atoms with E-state index in [1.54, 1.807) is 48.5 Å². The van der Waals surface area contributed by atoms with E-state index in [2.05, 4.69) is 15.6 Å². The van der Waals surface area contributed by atoms with Crippen LogP contribution in [0.4, 0.5) is 4.79 Å². The first-order valence-corrected chi connectivity index (χ1v) is 8.83. The monoisotopic (exact) mass is 369 g/mol. The van der Waals surface area contributed by atoms with E-state index >= 15 is 0 Å². The molecule has 0 saturated heterocycles. The van der Waals surface area contributed by atoms with E-state index in [1.165, 1.54) is 6.20 Å². The average Bonchev–Trinajstić information content (AvgIpc) is 2.70. The van der Waals surface area contributed by atoms with Crippen LogP contribution in [0.25, 0.3) is 0 Å². The Balaban J connectivity index is 2.18. The smallest absolute Gasteiger partial charge is 0.326 e. The molecule has 0 spiro atoms. The van der Waals surface area contributed by atoms with Crippen LogP contribution in [0.5, 0.6) is 0 Å². The second kappa shape index (κ2) is 10.1. The summed E-state index contributed by atoms with van der Waals surface area (Å²) in [6.45, 7) is 1.94. The summed E-state index contributed by atoms with van der Waals surface area (Å²) in [5, 5.41) is 14.3. The number of pyridine rings is 1. The zero-order chi connectivity index (χ0) is 19.6. The van der Waals surface area contributed by atoms with Crippen molar-refractivity contribution < 1.29 is 19.5 Å². The van der Waals surface area contributed by atoms with E-state index in [-0.39, 0.29) is 5.78 Å². The van der Waals surface area contributed by atoms with Gasteiger partial charge in [0.2, 0.25) is 0 Å². The summed E-state index contributed by atoms with van der Waals surface area (Å²) in [6.07, 6.45) is 3.33. The fraction of sp³-hybridized carbons (Fsp3) is 0.300. The SMILES string of the molecule is CCCCC(NC(=O)NC(C(=O)c1ccccc1)c1ccccn1)C(=O)O. The number of ketones is 1. The van der Waals surface area contributed by atoms with Gasteiger partial charge in [0.25, 0.3) is 0 Å². The van der Waals surface area contributed by atoms with E-state index in [4.69, 9.17) is 0 Å². The lowest BCUT2D eigenvalue weighted by atomic mass is 10.0. The minimum Gasteiger partial charge on any atom is -0.480 e. The normalized spacial score (nSPS) is 12.6. The topological polar surface area (TPSA) is 108 Å². The number of aliphatic carboxylic acids is 1. The Morgan fingerprint density at radius 3 is 2.33 bits per heavy atom. The maximum Gasteiger partial charge on any atom is 0.326 e. The molecule has 2 aromatic rings. The number of nitrogens with zero attached hydrogens (tertiary/aromatic N) is 1. The number of hydrogen-bond donors (Lipinski definition) is 3. The summed E-state index contributed by atoms with van der Waals surface area (Å²) in [4.78, 5) is 40.7. The van der Waals surface area contributed by atoms with Crippen molar-refractivity contribution >= 4 is 17.8 Å². The van der Waals surface area contributed by atoms with E-state index in [1.807, 2.05) is 6.92 Å². The van der Waals surface area contributed by atoms with Crippen molar-refractivity contribution in [3.05, 3.63) is 66.0 Å². The molecule has 2 atom stereocenters. The van der Waals surface area contributed by atoms with Crippen molar-refractivity contribution in [1.82, 2.24) is 15.6 Å². The lowest BCUT2D eigenvalue weighted by Gasteiger charge is -2.20. The Morgan fingerprint density at radius 2 is 1.74 bits per heavy atom. The number of hydrogen-bond acceptors (Lipinski definition) is 4. The summed E-state index contributed by atoms with van der Waals surface area (Å²) in [6, 6.07) is 10.9. The lowest BCUT2D eigenvalue weighted by Crippen LogP contribution is -2.48. The number of amides is 2. The highest BCUT2D eigenvalue weighted by Gasteiger charge is 2.27. The van der Waals surface area contributed by atoms with E-state index in [9.17, 15) is 19.5 Å². The highest BCUT2D eigenvalue weighted by Crippen LogP contribution is 2.16. The lowest BCUT2D eigenvalue weighted by molar-refractivity contribution is -0.139. The van der Waals surface area contributed by atoms with Crippen LogP contribution in [0.2, 0.25) is 0 Å². The molecule has 7 heteroatoms. The molecule has 1 aromatic carbocycles. The average molecular weight is 369 g/mol. The van der Waals surface area contributed by atoms with Gasteiger partial charge in [-0.05, 0) is 18.6 Å². The molecule has 7 nitrogen and oxygen atoms in total. The largest absolute Gasteiger partial charge is 0.480 e. The number of unbranched alkanes of at least 4 members (excludes halogenated alkanes) is 1. The highest BCUT2D eigenvalue weighted by molar-refractivity contribution is 6.02. The number of nitrogens with one attached hydrogen (secondary N) is 2. The van der Waals surface area contributed by atoms with Gasteiger partial charge in [-0.25, -0.2) is 9.59 Å². The highest BCUT2D eigenvalue weighted by atomic mass is 16.4. The van der Waals surface area contributed by atoms with Gasteiger partial charge in [-0.2, -0.15) is 0 Å². The van der Waals surface area contributed by atoms with E-state index in [0.29, 0.717) is 24.1 Å². The number of rotatable bonds is 9. The maximum atomic E-state index is 12.9. The number of carbonyl (C=O) groups is 3. The Bertz CT molecular complexity index is 765. The number of benzene rings is 1. The molecule has 142 valence electrons. The third-order valence-corrected chi connectivity index (χ3v) is 4.03. The van der Waals surface area contributed by atoms with Gasteiger partial charge >= 0.3 is 12.0 Å². The van der Waals surface area contributed by atoms with Crippen LogP contribution in [0.1, 0.15) is 48.3 Å². The van der Waals surface area contributed by atoms with Gasteiger partial charge in [0, 0.05) is 11.8 Å². The van der Waals surface area contributed by atoms with Crippen molar-refractivity contribution in [2.45, 2.75) is 38.3 Å². The molecule has 0 bridgehead atoms. The number of carbonyl (C=O) groups excluding carboxylic acids is 2. The number of urea groups is 1. The molecular formula is C20H23N3O4. The summed E-state index contributed by atoms with van der Waals surface area (Å²) in [7, 11) is 0. The number of carboxylic acid groups (broad SMARTS) is 1. The van der Waals surface area contributed by atoms with Crippen LogP contribution < -0.4 is 10.6 Å². The van der Waals surface area contributed by atoms with Crippen LogP contribution >= 0.6 is 0 Å². The quantitative estimate of drug-likeness (QED) is 0.589. The van der Waals surface area contributed by atoms with Gasteiger partial charge in [0.05, 0.1) is 5.69 Å². The van der Waals surface area contributed by atoms with Crippen molar-refractivity contribution in [3.8, 4) is 0 Å². The Labute approximate surface area is 157 Å². The predicted octanol–water partition coefficient (Wildman–Crippen LogP) is 2.95. The Kier molecular flexibility index (Phi) is 7.49. The molecule has 0 fully saturated rings. The molecule has 0 saturated carbocycles. The van der Waals surface area contributed by atoms with Crippen LogP contribution in [0.3, 0.4) is 0 Å². The molecule has 2 unspecified atom stereocenters. The third-order valence-electron chi connectivity index (χ3n) is 4.03. The van der Waals surface area contributed by atoms with Crippen LogP contribution in [0, 0.1) is 0 Å². The first-order chi connectivity index (χ1) is 13.0. The second-order valence-electron chi connectivity index (χ2n) is 6.07. The summed E-state index contributed by atoms with van der Waals surface area (Å²) >= 11 is 0. The fourth-order valence-electron chi connectivity index (χ4n) is 2.59. The summed E-state index contributed by atoms with van der Waals surface area (Å²) in [5.74, 6) is -1.44. The molecule has 0 aliphatic heterocycles. The molecule has 0 radical (unpaired) electrons. The zero-order valence-corrected chi connectivity index (χ0v) is 15.1. The van der Waals surface area contributed by atoms with Crippen LogP contribution in [-0.2, 0) is 4.79 Å². The molecule has 2 rings (SSSR count). The molecular weight excluding hydrogens is 346 g/mol. The van der Waals surface area contributed by atoms with E-state index in [0.717, 1.165) is 6.42 Å². The third kappa shape index (κ3) is 5.91. The number of carboxylic acids is 1. The van der Waals surface area contributed by atoms with Gasteiger partial charge in [-0.3, -0.25) is 9.78 Å². The molecule has 1 aromatic heterocycles. The van der Waals surface area contributed by atoms with Crippen molar-refractivity contribution in [3.63, 3.8) is 0 Å². The minimum atomic E-state index is -1.11.